The van der Waals surface area contributed by atoms with Crippen LogP contribution in [0.5, 0.6) is 11.5 Å². The number of ether oxygens (including phenoxy) is 2. The summed E-state index contributed by atoms with van der Waals surface area (Å²) in [4.78, 5) is 22.5. The second-order valence-corrected chi connectivity index (χ2v) is 5.68. The van der Waals surface area contributed by atoms with E-state index in [-0.39, 0.29) is 11.4 Å². The summed E-state index contributed by atoms with van der Waals surface area (Å²) in [6, 6.07) is 20.0. The first-order chi connectivity index (χ1) is 13.1. The fraction of sp³-hybridized carbons (Fsp3) is 0.0952. The van der Waals surface area contributed by atoms with Crippen LogP contribution in [0.2, 0.25) is 0 Å². The zero-order valence-corrected chi connectivity index (χ0v) is 14.6. The van der Waals surface area contributed by atoms with E-state index in [0.717, 1.165) is 16.9 Å². The lowest BCUT2D eigenvalue weighted by molar-refractivity contribution is -0.384. The summed E-state index contributed by atoms with van der Waals surface area (Å²) < 4.78 is 10.7. The van der Waals surface area contributed by atoms with Crippen LogP contribution in [-0.2, 0) is 0 Å². The monoisotopic (exact) mass is 363 g/mol. The lowest BCUT2D eigenvalue weighted by atomic mass is 10.0. The third-order valence-electron chi connectivity index (χ3n) is 3.86. The molecule has 0 heterocycles. The van der Waals surface area contributed by atoms with E-state index >= 15 is 0 Å². The maximum atomic E-state index is 12.4. The normalized spacial score (nSPS) is 10.3. The fourth-order valence-corrected chi connectivity index (χ4v) is 2.54. The molecular weight excluding hydrogens is 346 g/mol. The van der Waals surface area contributed by atoms with Crippen molar-refractivity contribution in [1.82, 2.24) is 0 Å². The highest BCUT2D eigenvalue weighted by atomic mass is 16.6. The Bertz CT molecular complexity index is 949. The molecule has 0 aliphatic heterocycles. The standard InChI is InChI=1S/C21H17NO5/c1-2-26-19-10-6-15(7-11-19)16-4-3-5-17(14-16)21(23)27-20-12-8-18(9-13-20)22(24)25/h3-14H,2H2,1H3. The number of carbonyl (C=O) groups is 1. The maximum Gasteiger partial charge on any atom is 0.343 e. The first-order valence-electron chi connectivity index (χ1n) is 8.37. The molecule has 0 spiro atoms. The molecule has 27 heavy (non-hydrogen) atoms. The van der Waals surface area contributed by atoms with Gasteiger partial charge in [-0.3, -0.25) is 10.1 Å². The largest absolute Gasteiger partial charge is 0.494 e. The van der Waals surface area contributed by atoms with Gasteiger partial charge in [0.05, 0.1) is 17.1 Å². The van der Waals surface area contributed by atoms with Gasteiger partial charge in [-0.15, -0.1) is 0 Å². The van der Waals surface area contributed by atoms with Crippen molar-refractivity contribution in [3.63, 3.8) is 0 Å². The zero-order chi connectivity index (χ0) is 19.2. The molecule has 136 valence electrons. The molecule has 0 amide bonds. The van der Waals surface area contributed by atoms with E-state index in [1.165, 1.54) is 24.3 Å². The number of hydrogen-bond donors (Lipinski definition) is 0. The highest BCUT2D eigenvalue weighted by Crippen LogP contribution is 2.24. The Labute approximate surface area is 156 Å². The average Bonchev–Trinajstić information content (AvgIpc) is 2.69. The number of rotatable bonds is 6. The Kier molecular flexibility index (Phi) is 5.47. The van der Waals surface area contributed by atoms with Crippen molar-refractivity contribution in [3.05, 3.63) is 88.5 Å². The molecule has 3 aromatic rings. The van der Waals surface area contributed by atoms with Gasteiger partial charge in [0.25, 0.3) is 5.69 Å². The predicted molar refractivity (Wildman–Crippen MR) is 101 cm³/mol. The van der Waals surface area contributed by atoms with E-state index in [0.29, 0.717) is 12.2 Å². The molecular formula is C21H17NO5. The van der Waals surface area contributed by atoms with E-state index in [1.54, 1.807) is 18.2 Å². The molecule has 0 atom stereocenters. The Balaban J connectivity index is 1.76. The molecule has 0 aliphatic rings. The molecule has 0 fully saturated rings. The van der Waals surface area contributed by atoms with Crippen molar-refractivity contribution < 1.29 is 19.2 Å². The number of nitrogens with zero attached hydrogens (tertiary/aromatic N) is 1. The molecule has 0 saturated carbocycles. The van der Waals surface area contributed by atoms with Crippen LogP contribution in [0.15, 0.2) is 72.8 Å². The van der Waals surface area contributed by atoms with Crippen LogP contribution >= 0.6 is 0 Å². The second kappa shape index (κ2) is 8.14. The zero-order valence-electron chi connectivity index (χ0n) is 14.6. The highest BCUT2D eigenvalue weighted by Gasteiger charge is 2.11. The van der Waals surface area contributed by atoms with Gasteiger partial charge in [-0.2, -0.15) is 0 Å². The summed E-state index contributed by atoms with van der Waals surface area (Å²) in [5, 5.41) is 10.7. The van der Waals surface area contributed by atoms with Crippen LogP contribution in [0, 0.1) is 10.1 Å². The Morgan fingerprint density at radius 2 is 1.59 bits per heavy atom. The minimum Gasteiger partial charge on any atom is -0.494 e. The van der Waals surface area contributed by atoms with Crippen molar-refractivity contribution in [1.29, 1.82) is 0 Å². The molecule has 3 aromatic carbocycles. The smallest absolute Gasteiger partial charge is 0.343 e. The molecule has 0 aliphatic carbocycles. The molecule has 0 saturated heterocycles. The van der Waals surface area contributed by atoms with Crippen molar-refractivity contribution >= 4 is 11.7 Å². The average molecular weight is 363 g/mol. The molecule has 0 bridgehead atoms. The van der Waals surface area contributed by atoms with E-state index in [4.69, 9.17) is 9.47 Å². The quantitative estimate of drug-likeness (QED) is 0.270. The Morgan fingerprint density at radius 3 is 2.22 bits per heavy atom. The van der Waals surface area contributed by atoms with E-state index < -0.39 is 10.9 Å². The molecule has 6 nitrogen and oxygen atoms in total. The van der Waals surface area contributed by atoms with Crippen LogP contribution in [0.3, 0.4) is 0 Å². The topological polar surface area (TPSA) is 78.7 Å². The molecule has 0 unspecified atom stereocenters. The summed E-state index contributed by atoms with van der Waals surface area (Å²) in [5.74, 6) is 0.503. The first-order valence-corrected chi connectivity index (χ1v) is 8.37. The van der Waals surface area contributed by atoms with Crippen LogP contribution in [0.1, 0.15) is 17.3 Å². The van der Waals surface area contributed by atoms with Gasteiger partial charge in [0.2, 0.25) is 0 Å². The van der Waals surface area contributed by atoms with Crippen molar-refractivity contribution in [3.8, 4) is 22.6 Å². The second-order valence-electron chi connectivity index (χ2n) is 5.68. The van der Waals surface area contributed by atoms with Crippen LogP contribution in [0.4, 0.5) is 5.69 Å². The summed E-state index contributed by atoms with van der Waals surface area (Å²) >= 11 is 0. The number of nitro groups is 1. The first kappa shape index (κ1) is 18.1. The minimum absolute atomic E-state index is 0.0627. The summed E-state index contributed by atoms with van der Waals surface area (Å²) in [5.41, 5.74) is 2.15. The van der Waals surface area contributed by atoms with Gasteiger partial charge in [0.15, 0.2) is 0 Å². The molecule has 0 radical (unpaired) electrons. The number of non-ortho nitro benzene ring substituents is 1. The maximum absolute atomic E-state index is 12.4. The molecule has 0 aromatic heterocycles. The lowest BCUT2D eigenvalue weighted by Gasteiger charge is -2.08. The minimum atomic E-state index is -0.531. The number of carbonyl (C=O) groups excluding carboxylic acids is 1. The van der Waals surface area contributed by atoms with Crippen molar-refractivity contribution in [2.45, 2.75) is 6.92 Å². The SMILES string of the molecule is CCOc1ccc(-c2cccc(C(=O)Oc3ccc([N+](=O)[O-])cc3)c2)cc1. The van der Waals surface area contributed by atoms with E-state index in [9.17, 15) is 14.9 Å². The number of hydrogen-bond acceptors (Lipinski definition) is 5. The fourth-order valence-electron chi connectivity index (χ4n) is 2.54. The van der Waals surface area contributed by atoms with Gasteiger partial charge >= 0.3 is 5.97 Å². The molecule has 0 N–H and O–H groups in total. The lowest BCUT2D eigenvalue weighted by Crippen LogP contribution is -2.08. The van der Waals surface area contributed by atoms with E-state index in [1.807, 2.05) is 37.3 Å². The number of benzene rings is 3. The van der Waals surface area contributed by atoms with Gasteiger partial charge < -0.3 is 9.47 Å². The molecule has 3 rings (SSSR count). The van der Waals surface area contributed by atoms with Crippen molar-refractivity contribution in [2.75, 3.05) is 6.61 Å². The highest BCUT2D eigenvalue weighted by molar-refractivity contribution is 5.92. The van der Waals surface area contributed by atoms with Gasteiger partial charge in [-0.05, 0) is 54.4 Å². The Morgan fingerprint density at radius 1 is 0.926 bits per heavy atom. The number of nitro benzene ring substituents is 1. The van der Waals surface area contributed by atoms with Gasteiger partial charge in [0, 0.05) is 12.1 Å². The Hall–Kier alpha value is -3.67. The van der Waals surface area contributed by atoms with Crippen LogP contribution in [0.25, 0.3) is 11.1 Å². The summed E-state index contributed by atoms with van der Waals surface area (Å²) in [6.07, 6.45) is 0. The van der Waals surface area contributed by atoms with Gasteiger partial charge in [0.1, 0.15) is 11.5 Å². The third kappa shape index (κ3) is 4.49. The third-order valence-corrected chi connectivity index (χ3v) is 3.86. The van der Waals surface area contributed by atoms with Crippen molar-refractivity contribution in [2.24, 2.45) is 0 Å². The summed E-state index contributed by atoms with van der Waals surface area (Å²) in [6.45, 7) is 2.53. The summed E-state index contributed by atoms with van der Waals surface area (Å²) in [7, 11) is 0. The van der Waals surface area contributed by atoms with Gasteiger partial charge in [-0.25, -0.2) is 4.79 Å². The van der Waals surface area contributed by atoms with Crippen LogP contribution in [-0.4, -0.2) is 17.5 Å². The van der Waals surface area contributed by atoms with Crippen LogP contribution < -0.4 is 9.47 Å². The van der Waals surface area contributed by atoms with Gasteiger partial charge in [-0.1, -0.05) is 24.3 Å². The molecule has 6 heteroatoms. The predicted octanol–water partition coefficient (Wildman–Crippen LogP) is 4.88. The number of esters is 1. The van der Waals surface area contributed by atoms with E-state index in [2.05, 4.69) is 0 Å².